The summed E-state index contributed by atoms with van der Waals surface area (Å²) < 4.78 is 80.5. The predicted molar refractivity (Wildman–Crippen MR) is 468 cm³/mol. The van der Waals surface area contributed by atoms with Crippen molar-refractivity contribution >= 4 is 101 Å². The van der Waals surface area contributed by atoms with Gasteiger partial charge in [0.15, 0.2) is 0 Å². The lowest BCUT2D eigenvalue weighted by molar-refractivity contribution is 0.569. The molecule has 0 spiro atoms. The minimum atomic E-state index is -0.552. The Labute approximate surface area is 655 Å². The third kappa shape index (κ3) is 11.7. The predicted octanol–water partition coefficient (Wildman–Crippen LogP) is 26.2. The molecular formula is C103H94BN5. The second kappa shape index (κ2) is 25.5. The van der Waals surface area contributed by atoms with Gasteiger partial charge in [-0.05, 0) is 197 Å². The lowest BCUT2D eigenvalue weighted by atomic mass is 9.33. The summed E-state index contributed by atoms with van der Waals surface area (Å²) in [5.41, 5.74) is 25.9. The van der Waals surface area contributed by atoms with Crippen molar-refractivity contribution in [3.05, 3.63) is 325 Å². The van der Waals surface area contributed by atoms with Crippen LogP contribution in [0.15, 0.2) is 297 Å². The first-order valence-corrected chi connectivity index (χ1v) is 38.3. The largest absolute Gasteiger partial charge is 0.310 e. The summed E-state index contributed by atoms with van der Waals surface area (Å²) in [5, 5.41) is 2.35. The molecule has 0 radical (unpaired) electrons. The van der Waals surface area contributed by atoms with E-state index >= 15 is 0 Å². The Morgan fingerprint density at radius 1 is 0.294 bits per heavy atom. The molecule has 0 saturated carbocycles. The van der Waals surface area contributed by atoms with Crippen molar-refractivity contribution in [2.45, 2.75) is 131 Å². The van der Waals surface area contributed by atoms with E-state index in [2.05, 4.69) is 361 Å². The fourth-order valence-electron chi connectivity index (χ4n) is 16.8. The molecule has 0 fully saturated rings. The maximum Gasteiger partial charge on any atom is 0.252 e. The minimum Gasteiger partial charge on any atom is -0.310 e. The topological polar surface area (TPSA) is 29.2 Å². The number of nitrogens with zero attached hydrogens (tertiary/aromatic N) is 5. The molecule has 0 amide bonds. The lowest BCUT2D eigenvalue weighted by Crippen LogP contribution is -2.61. The number of pyridine rings is 1. The van der Waals surface area contributed by atoms with Crippen molar-refractivity contribution in [1.82, 2.24) is 14.1 Å². The average Bonchev–Trinajstić information content (AvgIpc) is 1.33. The summed E-state index contributed by atoms with van der Waals surface area (Å²) in [6.45, 7) is 33.4. The summed E-state index contributed by atoms with van der Waals surface area (Å²) in [5.74, 6) is 0. The molecule has 534 valence electrons. The molecule has 2 aliphatic rings. The van der Waals surface area contributed by atoms with Gasteiger partial charge in [-0.3, -0.25) is 4.98 Å². The number of benzene rings is 13. The fraction of sp³-hybridized carbons (Fsp3) is 0.194. The number of fused-ring (bicyclic) bond motifs is 10. The zero-order valence-corrected chi connectivity index (χ0v) is 65.0. The van der Waals surface area contributed by atoms with Gasteiger partial charge in [-0.15, -0.1) is 0 Å². The molecule has 3 aromatic heterocycles. The Kier molecular flexibility index (Phi) is 14.1. The maximum atomic E-state index is 9.96. The molecule has 0 N–H and O–H groups in total. The van der Waals surface area contributed by atoms with Crippen LogP contribution in [0.2, 0.25) is 0 Å². The molecule has 0 saturated heterocycles. The van der Waals surface area contributed by atoms with Crippen LogP contribution in [0.25, 0.3) is 111 Å². The molecule has 0 bridgehead atoms. The minimum absolute atomic E-state index is 0.00112. The van der Waals surface area contributed by atoms with Crippen molar-refractivity contribution in [2.75, 3.05) is 9.80 Å². The van der Waals surface area contributed by atoms with Gasteiger partial charge in [0.2, 0.25) is 0 Å². The third-order valence-corrected chi connectivity index (χ3v) is 22.6. The smallest absolute Gasteiger partial charge is 0.252 e. The third-order valence-electron chi connectivity index (χ3n) is 22.6. The number of hydrogen-bond acceptors (Lipinski definition) is 3. The zero-order chi connectivity index (χ0) is 82.3. The van der Waals surface area contributed by atoms with Crippen molar-refractivity contribution < 1.29 is 11.0 Å². The van der Waals surface area contributed by atoms with E-state index in [1.807, 2.05) is 6.07 Å². The number of aromatic nitrogens is 3. The quantitative estimate of drug-likeness (QED) is 0.135. The van der Waals surface area contributed by atoms with E-state index in [1.54, 1.807) is 4.57 Å². The Morgan fingerprint density at radius 3 is 1.09 bits per heavy atom. The van der Waals surface area contributed by atoms with Crippen LogP contribution in [0.1, 0.15) is 143 Å². The van der Waals surface area contributed by atoms with E-state index in [0.717, 1.165) is 134 Å². The van der Waals surface area contributed by atoms with E-state index in [-0.39, 0.29) is 61.0 Å². The van der Waals surface area contributed by atoms with Gasteiger partial charge in [0.25, 0.3) is 6.71 Å². The molecule has 0 unspecified atom stereocenters. The van der Waals surface area contributed by atoms with Crippen LogP contribution in [-0.4, -0.2) is 20.8 Å². The number of para-hydroxylation sites is 2. The fourth-order valence-corrected chi connectivity index (χ4v) is 16.8. The summed E-state index contributed by atoms with van der Waals surface area (Å²) >= 11 is 0. The molecule has 6 heteroatoms. The van der Waals surface area contributed by atoms with Gasteiger partial charge in [0.05, 0.1) is 50.1 Å². The van der Waals surface area contributed by atoms with Crippen molar-refractivity contribution in [3.63, 3.8) is 0 Å². The summed E-state index contributed by atoms with van der Waals surface area (Å²) in [6, 6.07) is 87.6. The zero-order valence-electron chi connectivity index (χ0n) is 73.0. The number of anilines is 6. The molecule has 5 nitrogen and oxygen atoms in total. The van der Waals surface area contributed by atoms with Gasteiger partial charge in [0.1, 0.15) is 0 Å². The SMILES string of the molecule is [2H]c1c([2H])c([2H])c2c(c1[2H])c1c([2H])c([2H])c([2H])c([2H])c1n2-c1ccc2c(c1)N(c1c(-c3ccccc3)cc(C(C)(C)C)cc1-c1cccc(C(C)(C)C)n1)c1cc(-c3ccccc3)cc3c1B2c1ccc(-n2c4ccc(C(C)(C)C)cc4c4cc(C(C)(C)C)ccc42)cc1N3c1c(-c2ccccc2)cc(C(C)(C)C)cc1-c1ccccc1. The molecule has 13 aromatic carbocycles. The highest BCUT2D eigenvalue weighted by Gasteiger charge is 2.47. The van der Waals surface area contributed by atoms with Gasteiger partial charge in [-0.25, -0.2) is 0 Å². The maximum absolute atomic E-state index is 9.96. The Balaban J connectivity index is 1.07. The first kappa shape index (κ1) is 60.3. The van der Waals surface area contributed by atoms with Gasteiger partial charge >= 0.3 is 0 Å². The first-order chi connectivity index (χ1) is 55.6. The lowest BCUT2D eigenvalue weighted by Gasteiger charge is -2.46. The van der Waals surface area contributed by atoms with Crippen LogP contribution in [0.3, 0.4) is 0 Å². The monoisotopic (exact) mass is 1420 g/mol. The Morgan fingerprint density at radius 2 is 0.679 bits per heavy atom. The molecule has 18 rings (SSSR count). The van der Waals surface area contributed by atoms with Crippen LogP contribution in [-0.2, 0) is 27.1 Å². The van der Waals surface area contributed by atoms with Crippen molar-refractivity contribution in [2.24, 2.45) is 0 Å². The van der Waals surface area contributed by atoms with Crippen LogP contribution in [0, 0.1) is 0 Å². The summed E-state index contributed by atoms with van der Waals surface area (Å²) in [7, 11) is 0. The second-order valence-electron chi connectivity index (χ2n) is 35.1. The normalized spacial score (nSPS) is 14.2. The molecule has 0 aliphatic carbocycles. The van der Waals surface area contributed by atoms with E-state index in [9.17, 15) is 8.22 Å². The van der Waals surface area contributed by atoms with Crippen molar-refractivity contribution in [1.29, 1.82) is 0 Å². The molecular weight excluding hydrogens is 1320 g/mol. The number of hydrogen-bond donors (Lipinski definition) is 0. The van der Waals surface area contributed by atoms with Gasteiger partial charge in [-0.2, -0.15) is 0 Å². The first-order valence-electron chi connectivity index (χ1n) is 42.3. The molecule has 2 aliphatic heterocycles. The van der Waals surface area contributed by atoms with Gasteiger partial charge in [-0.1, -0.05) is 292 Å². The molecule has 0 atom stereocenters. The summed E-state index contributed by atoms with van der Waals surface area (Å²) in [6.07, 6.45) is 0. The van der Waals surface area contributed by atoms with Crippen LogP contribution in [0.5, 0.6) is 0 Å². The Hall–Kier alpha value is -11.7. The molecule has 16 aromatic rings. The molecule has 109 heavy (non-hydrogen) atoms. The standard InChI is InChI=1S/C103H94BN5/c1-99(2,3)70-47-53-89-81(57-70)82-58-71(100(4,5)6)48-54-90(82)107(89)75-50-52-84-91(64-75)108(97-78(66-35-22-17-23-36-66)59-72(101(7,8)9)60-79(97)67-37-24-18-25-38-67)93-55-69(65-33-20-16-21-34-65)56-94-96(93)104(84)85-51-49-74(106-87-44-30-28-41-76(87)77-42-29-31-45-88(77)106)63-92(85)109(94)98-80(68-39-26-19-27-40-68)61-73(102(10,11)12)62-83(98)86-43-32-46-95(105-86)103(13,14)15/h16-64H,1-15H3/i28D,29D,30D,31D,41D,42D,44D,45D. The van der Waals surface area contributed by atoms with Crippen LogP contribution >= 0.6 is 0 Å². The van der Waals surface area contributed by atoms with Crippen LogP contribution < -0.4 is 26.2 Å². The average molecular weight is 1420 g/mol. The molecule has 5 heterocycles. The van der Waals surface area contributed by atoms with Gasteiger partial charge < -0.3 is 18.9 Å². The van der Waals surface area contributed by atoms with Gasteiger partial charge in [0, 0.05) is 89.0 Å². The van der Waals surface area contributed by atoms with E-state index in [1.165, 1.54) is 27.5 Å². The highest BCUT2D eigenvalue weighted by atomic mass is 15.2. The highest BCUT2D eigenvalue weighted by Crippen LogP contribution is 2.56. The highest BCUT2D eigenvalue weighted by molar-refractivity contribution is 7.00. The van der Waals surface area contributed by atoms with E-state index in [4.69, 9.17) is 7.73 Å². The summed E-state index contributed by atoms with van der Waals surface area (Å²) in [4.78, 5) is 10.8. The van der Waals surface area contributed by atoms with Crippen molar-refractivity contribution in [3.8, 4) is 67.1 Å². The number of rotatable bonds is 9. The Bertz CT molecular complexity index is 6600. The van der Waals surface area contributed by atoms with Crippen LogP contribution in [0.4, 0.5) is 34.1 Å². The van der Waals surface area contributed by atoms with E-state index in [0.29, 0.717) is 5.69 Å². The van der Waals surface area contributed by atoms with E-state index < -0.39 is 43.0 Å². The second-order valence-corrected chi connectivity index (χ2v) is 35.1.